The number of azo groups is 2. The quantitative estimate of drug-likeness (QED) is 0.113. The van der Waals surface area contributed by atoms with E-state index in [1.54, 1.807) is 18.7 Å². The van der Waals surface area contributed by atoms with Gasteiger partial charge in [-0.3, -0.25) is 21.3 Å². The highest BCUT2D eigenvalue weighted by Gasteiger charge is 2.30. The smallest absolute Gasteiger partial charge is 0.251 e. The fourth-order valence-corrected chi connectivity index (χ4v) is 6.67. The fourth-order valence-electron chi connectivity index (χ4n) is 6.67. The fraction of sp³-hybridized carbons (Fsp3) is 0.533. The average Bonchev–Trinajstić information content (AvgIpc) is 3.90. The van der Waals surface area contributed by atoms with Crippen LogP contribution >= 0.6 is 0 Å². The summed E-state index contributed by atoms with van der Waals surface area (Å²) in [5.74, 6) is 1.40. The number of aryl methyl sites for hydroxylation is 2. The highest BCUT2D eigenvalue weighted by atomic mass is 15.5. The number of nitrogens with one attached hydrogen (secondary N) is 4. The summed E-state index contributed by atoms with van der Waals surface area (Å²) >= 11 is 0. The van der Waals surface area contributed by atoms with Gasteiger partial charge in [0.25, 0.3) is 5.69 Å². The van der Waals surface area contributed by atoms with Crippen LogP contribution in [0.4, 0.5) is 40.3 Å². The first-order valence-corrected chi connectivity index (χ1v) is 16.8. The number of nitrogens with two attached hydrogens (primary N) is 2. The highest BCUT2D eigenvalue weighted by molar-refractivity contribution is 5.64. The van der Waals surface area contributed by atoms with E-state index < -0.39 is 0 Å². The Morgan fingerprint density at radius 1 is 0.760 bits per heavy atom. The van der Waals surface area contributed by atoms with Crippen molar-refractivity contribution in [2.45, 2.75) is 83.5 Å². The van der Waals surface area contributed by atoms with Crippen LogP contribution in [0.25, 0.3) is 4.85 Å². The summed E-state index contributed by atoms with van der Waals surface area (Å²) in [6, 6.07) is 2.16. The van der Waals surface area contributed by atoms with Crippen LogP contribution in [0.1, 0.15) is 86.6 Å². The van der Waals surface area contributed by atoms with Gasteiger partial charge >= 0.3 is 0 Å². The molecule has 8 N–H and O–H groups in total. The Hall–Kier alpha value is -5.54. The molecule has 50 heavy (non-hydrogen) atoms. The van der Waals surface area contributed by atoms with E-state index in [0.717, 1.165) is 51.6 Å². The van der Waals surface area contributed by atoms with Crippen molar-refractivity contribution >= 4 is 40.3 Å². The molecule has 4 unspecified atom stereocenters. The Kier molecular flexibility index (Phi) is 9.32. The first-order chi connectivity index (χ1) is 24.4. The molecule has 260 valence electrons. The number of nitrogen functional groups attached to an aromatic ring is 2. The molecule has 4 aromatic heterocycles. The Morgan fingerprint density at radius 2 is 1.30 bits per heavy atom. The third-order valence-corrected chi connectivity index (χ3v) is 9.30. The van der Waals surface area contributed by atoms with Gasteiger partial charge in [0.1, 0.15) is 36.3 Å². The van der Waals surface area contributed by atoms with E-state index in [0.29, 0.717) is 70.4 Å². The molecule has 0 spiro atoms. The van der Waals surface area contributed by atoms with Crippen molar-refractivity contribution in [2.75, 3.05) is 31.2 Å². The third kappa shape index (κ3) is 6.20. The topological polar surface area (TPSA) is 249 Å². The predicted octanol–water partition coefficient (Wildman–Crippen LogP) is 4.29. The SMILES string of the molecule is [C-]#[N+]c1cnn(C2CCCCN2)c1N=Nc1c(C)nn(C2CC(n3nc(C)c(N=Nc4c(C#N)cnn4C4CCCCN4)c3N)NCN2)c1N. The molecule has 7 rings (SSSR count). The van der Waals surface area contributed by atoms with Crippen molar-refractivity contribution in [3.8, 4) is 6.07 Å². The number of hydrogen-bond acceptors (Lipinski definition) is 15. The van der Waals surface area contributed by atoms with Crippen molar-refractivity contribution in [3.63, 3.8) is 0 Å². The van der Waals surface area contributed by atoms with Gasteiger partial charge in [-0.2, -0.15) is 25.7 Å². The maximum atomic E-state index is 9.70. The minimum atomic E-state index is -0.330. The van der Waals surface area contributed by atoms with E-state index in [-0.39, 0.29) is 24.7 Å². The van der Waals surface area contributed by atoms with Crippen LogP contribution in [-0.2, 0) is 0 Å². The summed E-state index contributed by atoms with van der Waals surface area (Å²) in [5.41, 5.74) is 15.9. The van der Waals surface area contributed by atoms with Crippen LogP contribution in [0.15, 0.2) is 32.9 Å². The van der Waals surface area contributed by atoms with Crippen LogP contribution < -0.4 is 32.7 Å². The van der Waals surface area contributed by atoms with Crippen LogP contribution in [0, 0.1) is 31.8 Å². The molecule has 0 bridgehead atoms. The standard InChI is InChI=1S/C30H40N20/c1-17-25(41-43-29-19(13-31)14-39-49(29)21-8-4-6-10-35-21)27(32)47(45-17)23-12-24(38-16-37-23)48-28(33)26(18(2)46-48)42-44-30-20(34-3)15-40-50(30)22-9-5-7-11-36-22/h14-15,21-24,35-38H,4-12,16,32-33H2,1-2H3. The van der Waals surface area contributed by atoms with Gasteiger partial charge in [-0.1, -0.05) is 0 Å². The molecule has 7 heterocycles. The second-order valence-corrected chi connectivity index (χ2v) is 12.6. The molecule has 3 saturated heterocycles. The largest absolute Gasteiger partial charge is 0.382 e. The summed E-state index contributed by atoms with van der Waals surface area (Å²) in [6.07, 6.45) is 8.81. The number of aromatic nitrogens is 8. The molecule has 0 aromatic carbocycles. The molecular formula is C30H40N20. The van der Waals surface area contributed by atoms with E-state index in [9.17, 15) is 5.26 Å². The lowest BCUT2D eigenvalue weighted by Crippen LogP contribution is -2.47. The van der Waals surface area contributed by atoms with Crippen molar-refractivity contribution < 1.29 is 0 Å². The number of rotatable bonds is 8. The van der Waals surface area contributed by atoms with E-state index >= 15 is 0 Å². The van der Waals surface area contributed by atoms with Gasteiger partial charge in [-0.25, -0.2) is 23.6 Å². The van der Waals surface area contributed by atoms with Crippen molar-refractivity contribution in [3.05, 3.63) is 40.8 Å². The van der Waals surface area contributed by atoms with Gasteiger partial charge in [0.05, 0.1) is 30.4 Å². The second-order valence-electron chi connectivity index (χ2n) is 12.6. The summed E-state index contributed by atoms with van der Waals surface area (Å²) in [6.45, 7) is 13.4. The zero-order valence-electron chi connectivity index (χ0n) is 28.0. The van der Waals surface area contributed by atoms with Crippen LogP contribution in [0.5, 0.6) is 0 Å². The van der Waals surface area contributed by atoms with E-state index in [2.05, 4.69) is 62.8 Å². The minimum Gasteiger partial charge on any atom is -0.382 e. The lowest BCUT2D eigenvalue weighted by Gasteiger charge is -2.32. The second kappa shape index (κ2) is 14.1. The van der Waals surface area contributed by atoms with Gasteiger partial charge in [-0.05, 0) is 65.5 Å². The maximum Gasteiger partial charge on any atom is 0.251 e. The van der Waals surface area contributed by atoms with E-state index in [1.807, 2.05) is 13.8 Å². The zero-order valence-corrected chi connectivity index (χ0v) is 28.0. The summed E-state index contributed by atoms with van der Waals surface area (Å²) in [7, 11) is 0. The number of hydrogen-bond donors (Lipinski definition) is 6. The lowest BCUT2D eigenvalue weighted by atomic mass is 10.1. The molecule has 0 aliphatic carbocycles. The Bertz CT molecular complexity index is 1840. The molecule has 20 nitrogen and oxygen atoms in total. The van der Waals surface area contributed by atoms with E-state index in [1.165, 1.54) is 12.4 Å². The Morgan fingerprint density at radius 3 is 1.82 bits per heavy atom. The molecule has 4 atom stereocenters. The van der Waals surface area contributed by atoms with Crippen molar-refractivity contribution in [1.29, 1.82) is 5.26 Å². The number of nitriles is 1. The predicted molar refractivity (Wildman–Crippen MR) is 182 cm³/mol. The Labute approximate surface area is 287 Å². The molecule has 3 aliphatic rings. The summed E-state index contributed by atoms with van der Waals surface area (Å²) in [5, 5.41) is 59.4. The number of piperidine rings is 2. The first kappa shape index (κ1) is 33.0. The van der Waals surface area contributed by atoms with Gasteiger partial charge in [0.2, 0.25) is 0 Å². The average molecular weight is 681 g/mol. The number of nitrogens with zero attached hydrogens (tertiary/aromatic N) is 14. The summed E-state index contributed by atoms with van der Waals surface area (Å²) in [4.78, 5) is 3.60. The summed E-state index contributed by atoms with van der Waals surface area (Å²) < 4.78 is 6.80. The normalized spacial score (nSPS) is 23.0. The molecular weight excluding hydrogens is 640 g/mol. The van der Waals surface area contributed by atoms with E-state index in [4.69, 9.17) is 28.2 Å². The molecule has 0 radical (unpaired) electrons. The lowest BCUT2D eigenvalue weighted by molar-refractivity contribution is 0.193. The molecule has 3 fully saturated rings. The highest BCUT2D eigenvalue weighted by Crippen LogP contribution is 2.38. The van der Waals surface area contributed by atoms with Crippen LogP contribution in [0.2, 0.25) is 0 Å². The third-order valence-electron chi connectivity index (χ3n) is 9.30. The van der Waals surface area contributed by atoms with Gasteiger partial charge < -0.3 is 11.5 Å². The van der Waals surface area contributed by atoms with Gasteiger partial charge in [-0.15, -0.1) is 20.5 Å². The van der Waals surface area contributed by atoms with Crippen LogP contribution in [0.3, 0.4) is 0 Å². The molecule has 0 amide bonds. The molecule has 3 aliphatic heterocycles. The van der Waals surface area contributed by atoms with Crippen molar-refractivity contribution in [2.24, 2.45) is 20.5 Å². The maximum absolute atomic E-state index is 9.70. The Balaban J connectivity index is 1.11. The molecule has 20 heteroatoms. The molecule has 0 saturated carbocycles. The number of anilines is 2. The molecule has 4 aromatic rings. The minimum absolute atomic E-state index is 0.0528. The van der Waals surface area contributed by atoms with Gasteiger partial charge in [0, 0.05) is 13.1 Å². The monoisotopic (exact) mass is 680 g/mol. The first-order valence-electron chi connectivity index (χ1n) is 16.8. The zero-order chi connectivity index (χ0) is 34.8. The van der Waals surface area contributed by atoms with Crippen molar-refractivity contribution in [1.82, 2.24) is 60.4 Å². The van der Waals surface area contributed by atoms with Crippen LogP contribution in [-0.4, -0.2) is 58.9 Å². The van der Waals surface area contributed by atoms with Gasteiger partial charge in [0.15, 0.2) is 34.6 Å².